The Morgan fingerprint density at radius 3 is 2.83 bits per heavy atom. The molecule has 24 heavy (non-hydrogen) atoms. The van der Waals surface area contributed by atoms with Crippen LogP contribution in [0.5, 0.6) is 0 Å². The third-order valence-corrected chi connectivity index (χ3v) is 7.68. The minimum atomic E-state index is -0.358. The van der Waals surface area contributed by atoms with E-state index in [1.807, 2.05) is 12.2 Å². The smallest absolute Gasteiger partial charge is 0.178 e. The fourth-order valence-corrected chi connectivity index (χ4v) is 6.62. The highest BCUT2D eigenvalue weighted by Crippen LogP contribution is 2.65. The average molecular weight is 328 g/mol. The Bertz CT molecular complexity index is 658. The molecular weight excluding hydrogens is 300 g/mol. The molecule has 3 nitrogen and oxygen atoms in total. The quantitative estimate of drug-likeness (QED) is 0.727. The van der Waals surface area contributed by atoms with Crippen LogP contribution in [0.4, 0.5) is 0 Å². The van der Waals surface area contributed by atoms with E-state index in [2.05, 4.69) is 19.9 Å². The SMILES string of the molecule is C[C@]12C=CC(=O)C=C1CC[C@@H]1[C@@H]2[C@@H](O)C[C@]2(C)/C(=C/CO)CC[C@@H]12. The zero-order valence-electron chi connectivity index (χ0n) is 14.7. The van der Waals surface area contributed by atoms with Gasteiger partial charge in [0.15, 0.2) is 5.78 Å². The Kier molecular flexibility index (Phi) is 3.67. The highest BCUT2D eigenvalue weighted by Gasteiger charge is 2.60. The normalized spacial score (nSPS) is 48.8. The van der Waals surface area contributed by atoms with Crippen molar-refractivity contribution in [3.8, 4) is 0 Å². The molecule has 0 saturated heterocycles. The van der Waals surface area contributed by atoms with E-state index in [4.69, 9.17) is 0 Å². The molecule has 3 heteroatoms. The Hall–Kier alpha value is -1.19. The first-order valence-electron chi connectivity index (χ1n) is 9.33. The van der Waals surface area contributed by atoms with Crippen molar-refractivity contribution in [2.75, 3.05) is 6.61 Å². The standard InChI is InChI=1S/C21H28O3/c1-20-9-7-15(23)11-14(20)3-5-16-17-6-4-13(8-10-22)21(17,2)12-18(24)19(16)20/h7-9,11,16-19,22,24H,3-6,10,12H2,1-2H3/b13-8+/t16-,17-,18-,19+,20-,21+/m0/s1. The summed E-state index contributed by atoms with van der Waals surface area (Å²) >= 11 is 0. The van der Waals surface area contributed by atoms with Crippen molar-refractivity contribution in [1.29, 1.82) is 0 Å². The van der Waals surface area contributed by atoms with Crippen molar-refractivity contribution in [1.82, 2.24) is 0 Å². The average Bonchev–Trinajstić information content (AvgIpc) is 2.84. The lowest BCUT2D eigenvalue weighted by atomic mass is 9.47. The number of carbonyl (C=O) groups excluding carboxylic acids is 1. The lowest BCUT2D eigenvalue weighted by molar-refractivity contribution is -0.112. The summed E-state index contributed by atoms with van der Waals surface area (Å²) in [6, 6.07) is 0. The van der Waals surface area contributed by atoms with Gasteiger partial charge < -0.3 is 10.2 Å². The second-order valence-electron chi connectivity index (χ2n) is 8.66. The van der Waals surface area contributed by atoms with Crippen LogP contribution in [0.3, 0.4) is 0 Å². The molecule has 0 amide bonds. The fraction of sp³-hybridized carbons (Fsp3) is 0.667. The van der Waals surface area contributed by atoms with Crippen molar-refractivity contribution in [3.05, 3.63) is 35.5 Å². The summed E-state index contributed by atoms with van der Waals surface area (Å²) in [6.45, 7) is 4.60. The Morgan fingerprint density at radius 1 is 1.29 bits per heavy atom. The molecule has 4 aliphatic carbocycles. The molecule has 6 atom stereocenters. The van der Waals surface area contributed by atoms with Crippen LogP contribution in [0.15, 0.2) is 35.5 Å². The summed E-state index contributed by atoms with van der Waals surface area (Å²) in [5.41, 5.74) is 2.40. The maximum absolute atomic E-state index is 11.8. The summed E-state index contributed by atoms with van der Waals surface area (Å²) in [6.07, 6.45) is 12.2. The van der Waals surface area contributed by atoms with Gasteiger partial charge in [-0.15, -0.1) is 0 Å². The van der Waals surface area contributed by atoms with Crippen LogP contribution in [-0.2, 0) is 4.79 Å². The zero-order valence-corrected chi connectivity index (χ0v) is 14.7. The number of carbonyl (C=O) groups is 1. The first-order chi connectivity index (χ1) is 11.4. The highest BCUT2D eigenvalue weighted by molar-refractivity contribution is 6.01. The fourth-order valence-electron chi connectivity index (χ4n) is 6.62. The van der Waals surface area contributed by atoms with Gasteiger partial charge in [-0.3, -0.25) is 4.79 Å². The van der Waals surface area contributed by atoms with Gasteiger partial charge in [-0.1, -0.05) is 37.1 Å². The van der Waals surface area contributed by atoms with E-state index in [-0.39, 0.29) is 35.2 Å². The molecule has 0 bridgehead atoms. The van der Waals surface area contributed by atoms with Gasteiger partial charge in [-0.2, -0.15) is 0 Å². The second kappa shape index (κ2) is 5.40. The van der Waals surface area contributed by atoms with Gasteiger partial charge in [-0.05, 0) is 61.5 Å². The van der Waals surface area contributed by atoms with Crippen LogP contribution in [0.2, 0.25) is 0 Å². The molecule has 0 radical (unpaired) electrons. The van der Waals surface area contributed by atoms with Gasteiger partial charge in [0.25, 0.3) is 0 Å². The number of fused-ring (bicyclic) bond motifs is 5. The van der Waals surface area contributed by atoms with Crippen molar-refractivity contribution in [2.24, 2.45) is 28.6 Å². The van der Waals surface area contributed by atoms with Crippen LogP contribution in [0.25, 0.3) is 0 Å². The van der Waals surface area contributed by atoms with Crippen molar-refractivity contribution in [3.63, 3.8) is 0 Å². The summed E-state index contributed by atoms with van der Waals surface area (Å²) in [5, 5.41) is 20.5. The summed E-state index contributed by atoms with van der Waals surface area (Å²) < 4.78 is 0. The van der Waals surface area contributed by atoms with E-state index in [0.29, 0.717) is 11.8 Å². The van der Waals surface area contributed by atoms with Crippen LogP contribution in [-0.4, -0.2) is 28.7 Å². The third-order valence-electron chi connectivity index (χ3n) is 7.68. The van der Waals surface area contributed by atoms with Gasteiger partial charge in [0.05, 0.1) is 12.7 Å². The zero-order chi connectivity index (χ0) is 17.1. The molecule has 0 unspecified atom stereocenters. The predicted octanol–water partition coefficient (Wildman–Crippen LogP) is 3.18. The second-order valence-corrected chi connectivity index (χ2v) is 8.66. The van der Waals surface area contributed by atoms with Gasteiger partial charge in [-0.25, -0.2) is 0 Å². The summed E-state index contributed by atoms with van der Waals surface area (Å²) in [7, 11) is 0. The maximum Gasteiger partial charge on any atom is 0.178 e. The topological polar surface area (TPSA) is 57.5 Å². The van der Waals surface area contributed by atoms with E-state index < -0.39 is 0 Å². The van der Waals surface area contributed by atoms with Crippen LogP contribution >= 0.6 is 0 Å². The summed E-state index contributed by atoms with van der Waals surface area (Å²) in [4.78, 5) is 11.8. The minimum absolute atomic E-state index is 0.0229. The molecule has 2 N–H and O–H groups in total. The van der Waals surface area contributed by atoms with E-state index in [1.54, 1.807) is 6.08 Å². The molecule has 4 aliphatic rings. The Labute approximate surface area is 144 Å². The van der Waals surface area contributed by atoms with E-state index in [1.165, 1.54) is 11.1 Å². The van der Waals surface area contributed by atoms with E-state index in [9.17, 15) is 15.0 Å². The molecular formula is C21H28O3. The van der Waals surface area contributed by atoms with E-state index in [0.717, 1.165) is 32.1 Å². The number of ketones is 1. The van der Waals surface area contributed by atoms with Crippen molar-refractivity contribution < 1.29 is 15.0 Å². The van der Waals surface area contributed by atoms with Gasteiger partial charge in [0, 0.05) is 11.3 Å². The van der Waals surface area contributed by atoms with Crippen molar-refractivity contribution >= 4 is 5.78 Å². The molecule has 0 heterocycles. The van der Waals surface area contributed by atoms with E-state index >= 15 is 0 Å². The molecule has 0 spiro atoms. The van der Waals surface area contributed by atoms with Crippen molar-refractivity contribution in [2.45, 2.75) is 52.1 Å². The van der Waals surface area contributed by atoms with Crippen LogP contribution in [0, 0.1) is 28.6 Å². The predicted molar refractivity (Wildman–Crippen MR) is 93.2 cm³/mol. The number of hydrogen-bond acceptors (Lipinski definition) is 3. The Balaban J connectivity index is 1.74. The largest absolute Gasteiger partial charge is 0.393 e. The number of rotatable bonds is 1. The third kappa shape index (κ3) is 2.07. The molecule has 4 rings (SSSR count). The van der Waals surface area contributed by atoms with Gasteiger partial charge in [0.2, 0.25) is 0 Å². The first kappa shape index (κ1) is 16.3. The lowest BCUT2D eigenvalue weighted by Gasteiger charge is -2.58. The lowest BCUT2D eigenvalue weighted by Crippen LogP contribution is -2.55. The monoisotopic (exact) mass is 328 g/mol. The number of hydrogen-bond donors (Lipinski definition) is 2. The molecule has 0 aliphatic heterocycles. The highest BCUT2D eigenvalue weighted by atomic mass is 16.3. The van der Waals surface area contributed by atoms with Crippen LogP contribution < -0.4 is 0 Å². The molecule has 3 saturated carbocycles. The number of allylic oxidation sites excluding steroid dienone is 5. The Morgan fingerprint density at radius 2 is 2.08 bits per heavy atom. The number of aliphatic hydroxyl groups is 2. The first-order valence-corrected chi connectivity index (χ1v) is 9.33. The van der Waals surface area contributed by atoms with Gasteiger partial charge >= 0.3 is 0 Å². The van der Waals surface area contributed by atoms with Crippen LogP contribution in [0.1, 0.15) is 46.0 Å². The van der Waals surface area contributed by atoms with Gasteiger partial charge in [0.1, 0.15) is 0 Å². The minimum Gasteiger partial charge on any atom is -0.393 e. The number of aliphatic hydroxyl groups excluding tert-OH is 2. The molecule has 0 aromatic carbocycles. The maximum atomic E-state index is 11.8. The molecule has 3 fully saturated rings. The molecule has 0 aromatic heterocycles. The molecule has 130 valence electrons. The summed E-state index contributed by atoms with van der Waals surface area (Å²) in [5.74, 6) is 1.36. The molecule has 0 aromatic rings.